The van der Waals surface area contributed by atoms with Gasteiger partial charge in [-0.05, 0) is 55.4 Å². The molecule has 0 amide bonds. The Labute approximate surface area is 161 Å². The molecule has 2 aliphatic rings. The molecule has 9 heteroatoms. The Hall–Kier alpha value is 0.644. The molecule has 2 saturated heterocycles. The van der Waals surface area contributed by atoms with Crippen LogP contribution in [0.15, 0.2) is 0 Å². The molecule has 0 aromatic rings. The number of rotatable bonds is 0. The van der Waals surface area contributed by atoms with E-state index in [1.807, 2.05) is 55.4 Å². The van der Waals surface area contributed by atoms with E-state index in [0.717, 1.165) is 0 Å². The van der Waals surface area contributed by atoms with Crippen molar-refractivity contribution in [2.45, 2.75) is 77.8 Å². The van der Waals surface area contributed by atoms with Crippen LogP contribution in [0.3, 0.4) is 0 Å². The standard InChI is InChI=1S/2C6H12BO2.2CH3.B.Ir.H2N/c2*1-5(2)6(3,4)9-7-8-5;;;;;/h2*1-4H3;2*1H3;;;1H2/q;;2*-1;;+3;-1. The molecule has 5 radical (unpaired) electrons. The van der Waals surface area contributed by atoms with Crippen LogP contribution in [0.25, 0.3) is 6.15 Å². The van der Waals surface area contributed by atoms with Crippen molar-refractivity contribution < 1.29 is 38.7 Å². The van der Waals surface area contributed by atoms with E-state index in [-0.39, 0.29) is 71.9 Å². The molecule has 0 aromatic carbocycles. The molecule has 23 heavy (non-hydrogen) atoms. The molecule has 2 N–H and O–H groups in total. The molecule has 0 aromatic heterocycles. The van der Waals surface area contributed by atoms with Crippen LogP contribution in [0.4, 0.5) is 0 Å². The third-order valence-electron chi connectivity index (χ3n) is 4.27. The second kappa shape index (κ2) is 11.3. The van der Waals surface area contributed by atoms with Gasteiger partial charge in [-0.15, -0.1) is 0 Å². The molecule has 0 bridgehead atoms. The van der Waals surface area contributed by atoms with E-state index >= 15 is 0 Å². The van der Waals surface area contributed by atoms with Gasteiger partial charge in [0, 0.05) is 8.41 Å². The van der Waals surface area contributed by atoms with Crippen molar-refractivity contribution >= 4 is 23.8 Å². The predicted octanol–water partition coefficient (Wildman–Crippen LogP) is 3.48. The third kappa shape index (κ3) is 8.04. The van der Waals surface area contributed by atoms with Gasteiger partial charge >= 0.3 is 35.5 Å². The van der Waals surface area contributed by atoms with Crippen molar-refractivity contribution in [1.29, 1.82) is 0 Å². The maximum absolute atomic E-state index is 5.21. The first-order valence-corrected chi connectivity index (χ1v) is 6.26. The van der Waals surface area contributed by atoms with Gasteiger partial charge in [0.1, 0.15) is 0 Å². The van der Waals surface area contributed by atoms with E-state index in [2.05, 4.69) is 0 Å². The van der Waals surface area contributed by atoms with Crippen molar-refractivity contribution in [2.75, 3.05) is 0 Å². The van der Waals surface area contributed by atoms with Gasteiger partial charge < -0.3 is 39.6 Å². The smallest absolute Gasteiger partial charge is 0.693 e. The normalized spacial score (nSPS) is 23.3. The van der Waals surface area contributed by atoms with E-state index in [0.29, 0.717) is 0 Å². The average molecular weight is 503 g/mol. The zero-order chi connectivity index (χ0) is 14.2. The summed E-state index contributed by atoms with van der Waals surface area (Å²) in [6.45, 7) is 16.1. The van der Waals surface area contributed by atoms with Crippen LogP contribution >= 0.6 is 0 Å². The first-order valence-electron chi connectivity index (χ1n) is 6.26. The number of hydrogen-bond donors (Lipinski definition) is 0. The van der Waals surface area contributed by atoms with Crippen LogP contribution in [0.5, 0.6) is 0 Å². The summed E-state index contributed by atoms with van der Waals surface area (Å²) < 4.78 is 20.8. The monoisotopic (exact) mass is 504 g/mol. The Kier molecular flexibility index (Phi) is 17.1. The molecule has 0 saturated carbocycles. The minimum atomic E-state index is -0.188. The second-order valence-corrected chi connectivity index (χ2v) is 6.71. The summed E-state index contributed by atoms with van der Waals surface area (Å²) in [5.41, 5.74) is -0.750. The van der Waals surface area contributed by atoms with Crippen LogP contribution in [0.1, 0.15) is 55.4 Å². The summed E-state index contributed by atoms with van der Waals surface area (Å²) in [5.74, 6) is 0. The average Bonchev–Trinajstić information content (AvgIpc) is 2.51. The maximum Gasteiger partial charge on any atom is 3.00 e. The van der Waals surface area contributed by atoms with Crippen molar-refractivity contribution in [2.24, 2.45) is 0 Å². The molecule has 2 rings (SSSR count). The minimum Gasteiger partial charge on any atom is -0.693 e. The van der Waals surface area contributed by atoms with Gasteiger partial charge in [-0.1, -0.05) is 0 Å². The molecule has 0 spiro atoms. The van der Waals surface area contributed by atoms with E-state index in [9.17, 15) is 0 Å². The topological polar surface area (TPSA) is 70.4 Å². The quantitative estimate of drug-likeness (QED) is 0.375. The zero-order valence-electron chi connectivity index (χ0n) is 16.3. The largest absolute Gasteiger partial charge is 3.00 e. The zero-order valence-corrected chi connectivity index (χ0v) is 18.7. The Balaban J connectivity index is -0.0000000771. The van der Waals surface area contributed by atoms with E-state index in [1.165, 1.54) is 15.4 Å². The van der Waals surface area contributed by atoms with Crippen LogP contribution in [-0.2, 0) is 38.7 Å². The molecule has 2 aliphatic heterocycles. The van der Waals surface area contributed by atoms with Gasteiger partial charge in [-0.3, -0.25) is 0 Å². The van der Waals surface area contributed by atoms with Crippen molar-refractivity contribution in [3.63, 3.8) is 0 Å². The summed E-state index contributed by atoms with van der Waals surface area (Å²) in [6, 6.07) is 0. The van der Waals surface area contributed by atoms with E-state index in [1.54, 1.807) is 0 Å². The van der Waals surface area contributed by atoms with Gasteiger partial charge in [-0.2, -0.15) is 0 Å². The Morgan fingerprint density at radius 3 is 0.696 bits per heavy atom. The molecular formula is C14H32B3IrNO4. The van der Waals surface area contributed by atoms with Crippen LogP contribution in [0, 0.1) is 14.9 Å². The second-order valence-electron chi connectivity index (χ2n) is 6.71. The predicted molar refractivity (Wildman–Crippen MR) is 96.0 cm³/mol. The first-order chi connectivity index (χ1) is 7.91. The summed E-state index contributed by atoms with van der Waals surface area (Å²) >= 11 is 0. The molecule has 0 unspecified atom stereocenters. The first kappa shape index (κ1) is 34.9. The summed E-state index contributed by atoms with van der Waals surface area (Å²) in [4.78, 5) is 0. The molecule has 2 fully saturated rings. The maximum atomic E-state index is 5.21. The fourth-order valence-corrected chi connectivity index (χ4v) is 1.10. The number of hydrogen-bond acceptors (Lipinski definition) is 4. The SMILES string of the molecule is CC1(C)O[B]OC1(C)C.CC1(C)O[B]OC1(C)C.[B].[CH3-].[CH3-].[Ir+3].[NH2-]. The van der Waals surface area contributed by atoms with Gasteiger partial charge in [-0.25, -0.2) is 0 Å². The van der Waals surface area contributed by atoms with Crippen molar-refractivity contribution in [3.8, 4) is 0 Å². The summed E-state index contributed by atoms with van der Waals surface area (Å²) in [6.07, 6.45) is 0. The molecule has 5 nitrogen and oxygen atoms in total. The Bertz CT molecular complexity index is 258. The number of nitrogens with two attached hydrogens (primary N) is 1. The minimum absolute atomic E-state index is 0. The molecule has 0 atom stereocenters. The Morgan fingerprint density at radius 1 is 0.522 bits per heavy atom. The molecule has 135 valence electrons. The van der Waals surface area contributed by atoms with E-state index in [4.69, 9.17) is 18.6 Å². The fourth-order valence-electron chi connectivity index (χ4n) is 1.10. The van der Waals surface area contributed by atoms with Gasteiger partial charge in [0.25, 0.3) is 0 Å². The van der Waals surface area contributed by atoms with E-state index < -0.39 is 0 Å². The molecule has 0 aliphatic carbocycles. The van der Waals surface area contributed by atoms with Crippen molar-refractivity contribution in [3.05, 3.63) is 21.0 Å². The van der Waals surface area contributed by atoms with Crippen LogP contribution in [0.2, 0.25) is 0 Å². The summed E-state index contributed by atoms with van der Waals surface area (Å²) in [7, 11) is 2.83. The molecule has 2 heterocycles. The van der Waals surface area contributed by atoms with Crippen LogP contribution < -0.4 is 0 Å². The third-order valence-corrected chi connectivity index (χ3v) is 4.27. The van der Waals surface area contributed by atoms with Gasteiger partial charge in [0.15, 0.2) is 0 Å². The van der Waals surface area contributed by atoms with Crippen molar-refractivity contribution in [1.82, 2.24) is 0 Å². The Morgan fingerprint density at radius 2 is 0.652 bits per heavy atom. The molecular weight excluding hydrogens is 471 g/mol. The van der Waals surface area contributed by atoms with Gasteiger partial charge in [0.05, 0.1) is 22.4 Å². The fraction of sp³-hybridized carbons (Fsp3) is 0.857. The summed E-state index contributed by atoms with van der Waals surface area (Å²) in [5, 5.41) is 0. The van der Waals surface area contributed by atoms with Gasteiger partial charge in [0.2, 0.25) is 0 Å². The van der Waals surface area contributed by atoms with Crippen LogP contribution in [-0.4, -0.2) is 46.2 Å².